The number of alkyl halides is 3. The Labute approximate surface area is 160 Å². The van der Waals surface area contributed by atoms with Gasteiger partial charge in [0.1, 0.15) is 6.61 Å². The number of amides is 2. The predicted molar refractivity (Wildman–Crippen MR) is 92.6 cm³/mol. The molecule has 2 saturated heterocycles. The van der Waals surface area contributed by atoms with Gasteiger partial charge < -0.3 is 15.0 Å². The van der Waals surface area contributed by atoms with E-state index in [-0.39, 0.29) is 36.6 Å². The van der Waals surface area contributed by atoms with Gasteiger partial charge >= 0.3 is 12.3 Å². The lowest BCUT2D eigenvalue weighted by Crippen LogP contribution is -2.48. The van der Waals surface area contributed by atoms with Gasteiger partial charge in [0.15, 0.2) is 0 Å². The Kier molecular flexibility index (Phi) is 4.93. The number of rotatable bonds is 5. The number of carbonyl (C=O) groups excluding carboxylic acids is 2. The Morgan fingerprint density at radius 2 is 2.00 bits per heavy atom. The van der Waals surface area contributed by atoms with Crippen molar-refractivity contribution in [2.24, 2.45) is 5.92 Å². The van der Waals surface area contributed by atoms with E-state index in [1.165, 1.54) is 0 Å². The van der Waals surface area contributed by atoms with Crippen molar-refractivity contribution in [3.8, 4) is 0 Å². The Morgan fingerprint density at radius 1 is 1.25 bits per heavy atom. The fourth-order valence-electron chi connectivity index (χ4n) is 3.96. The van der Waals surface area contributed by atoms with Gasteiger partial charge in [0, 0.05) is 43.2 Å². The zero-order valence-corrected chi connectivity index (χ0v) is 15.2. The summed E-state index contributed by atoms with van der Waals surface area (Å²) in [5, 5.41) is 2.65. The summed E-state index contributed by atoms with van der Waals surface area (Å²) < 4.78 is 42.6. The molecule has 152 valence electrons. The lowest BCUT2D eigenvalue weighted by Gasteiger charge is -2.40. The summed E-state index contributed by atoms with van der Waals surface area (Å²) in [4.78, 5) is 29.3. The van der Waals surface area contributed by atoms with Crippen molar-refractivity contribution in [1.29, 1.82) is 0 Å². The number of pyridine rings is 1. The largest absolute Gasteiger partial charge is 0.447 e. The van der Waals surface area contributed by atoms with Crippen molar-refractivity contribution in [3.05, 3.63) is 29.6 Å². The molecular weight excluding hydrogens is 375 g/mol. The molecule has 9 heteroatoms. The third-order valence-electron chi connectivity index (χ3n) is 5.98. The molecule has 0 unspecified atom stereocenters. The molecule has 0 bridgehead atoms. The third kappa shape index (κ3) is 3.93. The first kappa shape index (κ1) is 19.0. The number of alkyl carbamates (subject to hydrolysis) is 1. The topological polar surface area (TPSA) is 71.5 Å². The molecule has 0 aromatic carbocycles. The molecular formula is C19H22F3N3O3. The van der Waals surface area contributed by atoms with Crippen molar-refractivity contribution < 1.29 is 27.5 Å². The first-order chi connectivity index (χ1) is 13.3. The van der Waals surface area contributed by atoms with Gasteiger partial charge in [-0.3, -0.25) is 9.78 Å². The number of ether oxygens (including phenoxy) is 1. The summed E-state index contributed by atoms with van der Waals surface area (Å²) in [6.07, 6.45) is -1.65. The lowest BCUT2D eigenvalue weighted by atomic mass is 9.72. The van der Waals surface area contributed by atoms with E-state index in [0.29, 0.717) is 32.5 Å². The summed E-state index contributed by atoms with van der Waals surface area (Å²) >= 11 is 0. The van der Waals surface area contributed by atoms with Crippen LogP contribution in [-0.2, 0) is 9.53 Å². The van der Waals surface area contributed by atoms with Gasteiger partial charge in [-0.25, -0.2) is 4.79 Å². The fourth-order valence-corrected chi connectivity index (χ4v) is 3.96. The summed E-state index contributed by atoms with van der Waals surface area (Å²) in [5.74, 6) is -1.05. The molecule has 1 atom stereocenters. The van der Waals surface area contributed by atoms with Crippen LogP contribution in [0.15, 0.2) is 18.3 Å². The van der Waals surface area contributed by atoms with Crippen LogP contribution in [0.3, 0.4) is 0 Å². The Bertz CT molecular complexity index is 741. The van der Waals surface area contributed by atoms with Gasteiger partial charge in [0.05, 0.1) is 12.0 Å². The second-order valence-corrected chi connectivity index (χ2v) is 7.90. The van der Waals surface area contributed by atoms with E-state index in [4.69, 9.17) is 4.74 Å². The highest BCUT2D eigenvalue weighted by Gasteiger charge is 2.48. The summed E-state index contributed by atoms with van der Waals surface area (Å²) in [7, 11) is 0. The lowest BCUT2D eigenvalue weighted by molar-refractivity contribution is -0.197. The van der Waals surface area contributed by atoms with Gasteiger partial charge in [-0.05, 0) is 30.9 Å². The van der Waals surface area contributed by atoms with E-state index >= 15 is 0 Å². The van der Waals surface area contributed by atoms with Crippen LogP contribution in [0.4, 0.5) is 18.0 Å². The number of likely N-dealkylation sites (tertiary alicyclic amines) is 1. The number of halogens is 3. The number of nitrogens with zero attached hydrogens (tertiary/aromatic N) is 2. The molecule has 3 heterocycles. The van der Waals surface area contributed by atoms with E-state index in [2.05, 4.69) is 10.3 Å². The van der Waals surface area contributed by atoms with E-state index in [1.54, 1.807) is 11.1 Å². The van der Waals surface area contributed by atoms with Crippen molar-refractivity contribution in [2.45, 2.75) is 49.7 Å². The van der Waals surface area contributed by atoms with Crippen LogP contribution in [0.25, 0.3) is 0 Å². The molecule has 1 aliphatic carbocycles. The maximum Gasteiger partial charge on any atom is 0.407 e. The highest BCUT2D eigenvalue weighted by molar-refractivity contribution is 5.77. The van der Waals surface area contributed by atoms with Crippen LogP contribution in [0, 0.1) is 5.92 Å². The molecule has 0 spiro atoms. The molecule has 0 radical (unpaired) electrons. The molecule has 1 saturated carbocycles. The molecule has 4 rings (SSSR count). The first-order valence-electron chi connectivity index (χ1n) is 9.53. The molecule has 2 amide bonds. The van der Waals surface area contributed by atoms with E-state index in [1.807, 2.05) is 12.1 Å². The van der Waals surface area contributed by atoms with E-state index in [0.717, 1.165) is 11.3 Å². The predicted octanol–water partition coefficient (Wildman–Crippen LogP) is 2.95. The number of aromatic nitrogens is 1. The normalized spacial score (nSPS) is 27.6. The van der Waals surface area contributed by atoms with Crippen molar-refractivity contribution in [1.82, 2.24) is 15.2 Å². The minimum Gasteiger partial charge on any atom is -0.447 e. The quantitative estimate of drug-likeness (QED) is 0.829. The highest BCUT2D eigenvalue weighted by Crippen LogP contribution is 2.49. The maximum atomic E-state index is 12.6. The van der Waals surface area contributed by atoms with Gasteiger partial charge in [-0.15, -0.1) is 0 Å². The standard InChI is InChI=1S/C19H22F3N3O3/c20-19(21,22)14-5-12(6-14)16-3-1-11(7-23-16)13-8-25(9-13)17(26)4-2-15-10-28-18(27)24-15/h1,3,7,12-15H,2,4-6,8-10H2,(H,24,27)/t12-,14-,15-/m1/s1. The van der Waals surface area contributed by atoms with Crippen LogP contribution in [-0.4, -0.2) is 53.8 Å². The van der Waals surface area contributed by atoms with Crippen LogP contribution in [0.5, 0.6) is 0 Å². The number of nitrogens with one attached hydrogen (secondary N) is 1. The second kappa shape index (κ2) is 7.25. The number of hydrogen-bond donors (Lipinski definition) is 1. The van der Waals surface area contributed by atoms with Crippen LogP contribution in [0.2, 0.25) is 0 Å². The minimum absolute atomic E-state index is 0.0506. The van der Waals surface area contributed by atoms with E-state index < -0.39 is 18.2 Å². The molecule has 1 N–H and O–H groups in total. The molecule has 1 aromatic heterocycles. The Hall–Kier alpha value is -2.32. The molecule has 28 heavy (non-hydrogen) atoms. The summed E-state index contributed by atoms with van der Waals surface area (Å²) in [6, 6.07) is 3.63. The average Bonchev–Trinajstić information content (AvgIpc) is 2.96. The SMILES string of the molecule is O=C1N[C@H](CCC(=O)N2CC(c3ccc([C@H]4C[C@H](C(F)(F)F)C4)nc3)C2)CO1. The van der Waals surface area contributed by atoms with Gasteiger partial charge in [0.2, 0.25) is 5.91 Å². The smallest absolute Gasteiger partial charge is 0.407 e. The second-order valence-electron chi connectivity index (χ2n) is 7.90. The first-order valence-corrected chi connectivity index (χ1v) is 9.53. The fraction of sp³-hybridized carbons (Fsp3) is 0.632. The Balaban J connectivity index is 1.20. The van der Waals surface area contributed by atoms with Gasteiger partial charge in [-0.2, -0.15) is 13.2 Å². The number of carbonyl (C=O) groups is 2. The monoisotopic (exact) mass is 397 g/mol. The number of hydrogen-bond acceptors (Lipinski definition) is 4. The third-order valence-corrected chi connectivity index (χ3v) is 5.98. The number of cyclic esters (lactones) is 1. The molecule has 1 aromatic rings. The van der Waals surface area contributed by atoms with Gasteiger partial charge in [0.25, 0.3) is 0 Å². The molecule has 2 aliphatic heterocycles. The minimum atomic E-state index is -4.10. The van der Waals surface area contributed by atoms with Crippen molar-refractivity contribution in [3.63, 3.8) is 0 Å². The summed E-state index contributed by atoms with van der Waals surface area (Å²) in [5.41, 5.74) is 1.73. The average molecular weight is 397 g/mol. The highest BCUT2D eigenvalue weighted by atomic mass is 19.4. The molecule has 6 nitrogen and oxygen atoms in total. The van der Waals surface area contributed by atoms with E-state index in [9.17, 15) is 22.8 Å². The van der Waals surface area contributed by atoms with Crippen LogP contribution >= 0.6 is 0 Å². The molecule has 3 aliphatic rings. The van der Waals surface area contributed by atoms with Gasteiger partial charge in [-0.1, -0.05) is 6.07 Å². The summed E-state index contributed by atoms with van der Waals surface area (Å²) in [6.45, 7) is 1.54. The zero-order chi connectivity index (χ0) is 19.9. The molecule has 3 fully saturated rings. The maximum absolute atomic E-state index is 12.6. The van der Waals surface area contributed by atoms with Crippen LogP contribution < -0.4 is 5.32 Å². The van der Waals surface area contributed by atoms with Crippen LogP contribution in [0.1, 0.15) is 48.8 Å². The van der Waals surface area contributed by atoms with Crippen molar-refractivity contribution in [2.75, 3.05) is 19.7 Å². The zero-order valence-electron chi connectivity index (χ0n) is 15.2. The Morgan fingerprint density at radius 3 is 2.57 bits per heavy atom. The van der Waals surface area contributed by atoms with Crippen molar-refractivity contribution >= 4 is 12.0 Å².